The fourth-order valence-corrected chi connectivity index (χ4v) is 3.45. The fraction of sp³-hybridized carbons (Fsp3) is 0.263. The van der Waals surface area contributed by atoms with Gasteiger partial charge in [-0.05, 0) is 29.9 Å². The van der Waals surface area contributed by atoms with E-state index in [2.05, 4.69) is 53.6 Å². The van der Waals surface area contributed by atoms with Crippen LogP contribution in [0.1, 0.15) is 25.3 Å². The molecule has 0 unspecified atom stereocenters. The molecule has 4 heteroatoms. The third-order valence-electron chi connectivity index (χ3n) is 3.62. The van der Waals surface area contributed by atoms with E-state index in [1.165, 1.54) is 29.1 Å². The van der Waals surface area contributed by atoms with Gasteiger partial charge in [-0.15, -0.1) is 16.9 Å². The van der Waals surface area contributed by atoms with Crippen molar-refractivity contribution < 1.29 is 0 Å². The van der Waals surface area contributed by atoms with Crippen molar-refractivity contribution in [3.05, 3.63) is 66.4 Å². The normalized spacial score (nSPS) is 10.8. The first-order chi connectivity index (χ1) is 11.3. The zero-order valence-corrected chi connectivity index (χ0v) is 14.2. The van der Waals surface area contributed by atoms with Crippen molar-refractivity contribution >= 4 is 11.8 Å². The van der Waals surface area contributed by atoms with Crippen LogP contribution in [0.15, 0.2) is 65.7 Å². The Hall–Kier alpha value is -2.07. The van der Waals surface area contributed by atoms with Crippen molar-refractivity contribution in [2.24, 2.45) is 0 Å². The van der Waals surface area contributed by atoms with Crippen molar-refractivity contribution in [2.45, 2.75) is 31.2 Å². The lowest BCUT2D eigenvalue weighted by Gasteiger charge is -2.05. The molecule has 0 aliphatic carbocycles. The van der Waals surface area contributed by atoms with E-state index in [1.807, 2.05) is 40.8 Å². The van der Waals surface area contributed by atoms with Crippen LogP contribution in [0.4, 0.5) is 0 Å². The molecule has 0 fully saturated rings. The largest absolute Gasteiger partial charge is 0.247 e. The van der Waals surface area contributed by atoms with Gasteiger partial charge in [0.25, 0.3) is 0 Å². The third kappa shape index (κ3) is 4.45. The molecule has 0 radical (unpaired) electrons. The Kier molecular flexibility index (Phi) is 5.48. The second-order valence-electron chi connectivity index (χ2n) is 5.52. The van der Waals surface area contributed by atoms with Crippen LogP contribution in [0.25, 0.3) is 11.3 Å². The van der Waals surface area contributed by atoms with Gasteiger partial charge in [0.1, 0.15) is 5.69 Å². The van der Waals surface area contributed by atoms with Crippen molar-refractivity contribution in [1.29, 1.82) is 0 Å². The average molecular weight is 323 g/mol. The zero-order valence-electron chi connectivity index (χ0n) is 13.4. The van der Waals surface area contributed by atoms with E-state index in [0.29, 0.717) is 0 Å². The summed E-state index contributed by atoms with van der Waals surface area (Å²) in [5.74, 6) is 1.18. The van der Waals surface area contributed by atoms with Gasteiger partial charge in [-0.1, -0.05) is 61.0 Å². The second kappa shape index (κ2) is 7.97. The predicted molar refractivity (Wildman–Crippen MR) is 96.6 cm³/mol. The molecule has 0 saturated heterocycles. The minimum absolute atomic E-state index is 0.752. The number of hydrogen-bond acceptors (Lipinski definition) is 3. The monoisotopic (exact) mass is 323 g/mol. The van der Waals surface area contributed by atoms with Gasteiger partial charge in [-0.25, -0.2) is 4.68 Å². The van der Waals surface area contributed by atoms with Crippen molar-refractivity contribution in [2.75, 3.05) is 5.75 Å². The Bertz CT molecular complexity index is 737. The van der Waals surface area contributed by atoms with E-state index >= 15 is 0 Å². The molecule has 0 aliphatic heterocycles. The van der Waals surface area contributed by atoms with E-state index in [-0.39, 0.29) is 0 Å². The summed E-state index contributed by atoms with van der Waals surface area (Å²) >= 11 is 1.93. The third-order valence-corrected chi connectivity index (χ3v) is 4.70. The number of unbranched alkanes of at least 4 members (excludes halogenated alkanes) is 1. The van der Waals surface area contributed by atoms with Crippen LogP contribution in [0, 0.1) is 0 Å². The maximum atomic E-state index is 4.27. The summed E-state index contributed by atoms with van der Waals surface area (Å²) in [5.41, 5.74) is 3.28. The van der Waals surface area contributed by atoms with E-state index in [4.69, 9.17) is 0 Å². The molecule has 1 heterocycles. The average Bonchev–Trinajstić information content (AvgIpc) is 3.05. The molecule has 3 nitrogen and oxygen atoms in total. The zero-order chi connectivity index (χ0) is 15.9. The molecule has 0 N–H and O–H groups in total. The molecule has 2 aromatic carbocycles. The molecule has 23 heavy (non-hydrogen) atoms. The Labute approximate surface area is 141 Å². The van der Waals surface area contributed by atoms with E-state index < -0.39 is 0 Å². The predicted octanol–water partition coefficient (Wildman–Crippen LogP) is 4.89. The summed E-state index contributed by atoms with van der Waals surface area (Å²) < 4.78 is 1.90. The molecular weight excluding hydrogens is 302 g/mol. The molecular formula is C19H21N3S. The van der Waals surface area contributed by atoms with Gasteiger partial charge in [-0.2, -0.15) is 0 Å². The maximum absolute atomic E-state index is 4.27. The fourth-order valence-electron chi connectivity index (χ4n) is 2.37. The number of rotatable bonds is 7. The SMILES string of the molecule is CCCCSc1cccc(Cn2cc(-c3ccccc3)nn2)c1. The number of hydrogen-bond donors (Lipinski definition) is 0. The Morgan fingerprint density at radius 3 is 2.74 bits per heavy atom. The molecule has 118 valence electrons. The van der Waals surface area contributed by atoms with Crippen molar-refractivity contribution in [1.82, 2.24) is 15.0 Å². The van der Waals surface area contributed by atoms with Crippen LogP contribution in [0.3, 0.4) is 0 Å². The molecule has 0 amide bonds. The van der Waals surface area contributed by atoms with Crippen LogP contribution in [0.2, 0.25) is 0 Å². The molecule has 3 rings (SSSR count). The smallest absolute Gasteiger partial charge is 0.113 e. The van der Waals surface area contributed by atoms with Gasteiger partial charge in [0, 0.05) is 10.5 Å². The molecule has 0 bridgehead atoms. The molecule has 0 atom stereocenters. The van der Waals surface area contributed by atoms with Crippen molar-refractivity contribution in [3.63, 3.8) is 0 Å². The maximum Gasteiger partial charge on any atom is 0.113 e. The highest BCUT2D eigenvalue weighted by Gasteiger charge is 2.04. The first-order valence-electron chi connectivity index (χ1n) is 8.02. The summed E-state index contributed by atoms with van der Waals surface area (Å²) in [4.78, 5) is 1.33. The van der Waals surface area contributed by atoms with Crippen LogP contribution in [-0.4, -0.2) is 20.7 Å². The van der Waals surface area contributed by atoms with E-state index in [1.54, 1.807) is 0 Å². The number of aromatic nitrogens is 3. The van der Waals surface area contributed by atoms with Crippen LogP contribution in [-0.2, 0) is 6.54 Å². The first kappa shape index (κ1) is 15.8. The highest BCUT2D eigenvalue weighted by atomic mass is 32.2. The van der Waals surface area contributed by atoms with E-state index in [0.717, 1.165) is 17.8 Å². The molecule has 0 aliphatic rings. The van der Waals surface area contributed by atoms with Gasteiger partial charge in [-0.3, -0.25) is 0 Å². The summed E-state index contributed by atoms with van der Waals surface area (Å²) in [5, 5.41) is 8.53. The Balaban J connectivity index is 1.68. The Morgan fingerprint density at radius 1 is 1.04 bits per heavy atom. The molecule has 0 saturated carbocycles. The second-order valence-corrected chi connectivity index (χ2v) is 6.69. The topological polar surface area (TPSA) is 30.7 Å². The molecule has 0 spiro atoms. The van der Waals surface area contributed by atoms with Gasteiger partial charge in [0.15, 0.2) is 0 Å². The minimum atomic E-state index is 0.752. The van der Waals surface area contributed by atoms with E-state index in [9.17, 15) is 0 Å². The Morgan fingerprint density at radius 2 is 1.91 bits per heavy atom. The highest BCUT2D eigenvalue weighted by molar-refractivity contribution is 7.99. The lowest BCUT2D eigenvalue weighted by Crippen LogP contribution is -2.00. The number of benzene rings is 2. The summed E-state index contributed by atoms with van der Waals surface area (Å²) in [7, 11) is 0. The van der Waals surface area contributed by atoms with Crippen LogP contribution in [0.5, 0.6) is 0 Å². The van der Waals surface area contributed by atoms with Crippen molar-refractivity contribution in [3.8, 4) is 11.3 Å². The first-order valence-corrected chi connectivity index (χ1v) is 9.01. The summed E-state index contributed by atoms with van der Waals surface area (Å²) in [6.45, 7) is 2.98. The molecule has 1 aromatic heterocycles. The lowest BCUT2D eigenvalue weighted by molar-refractivity contribution is 0.649. The highest BCUT2D eigenvalue weighted by Crippen LogP contribution is 2.21. The van der Waals surface area contributed by atoms with Gasteiger partial charge in [0.05, 0.1) is 12.7 Å². The standard InChI is InChI=1S/C19H21N3S/c1-2-3-12-23-18-11-7-8-16(13-18)14-22-15-19(20-21-22)17-9-5-4-6-10-17/h4-11,13,15H,2-3,12,14H2,1H3. The van der Waals surface area contributed by atoms with Gasteiger partial charge < -0.3 is 0 Å². The van der Waals surface area contributed by atoms with Crippen LogP contribution >= 0.6 is 11.8 Å². The quantitative estimate of drug-likeness (QED) is 0.458. The van der Waals surface area contributed by atoms with Gasteiger partial charge >= 0.3 is 0 Å². The lowest BCUT2D eigenvalue weighted by atomic mass is 10.2. The van der Waals surface area contributed by atoms with Gasteiger partial charge in [0.2, 0.25) is 0 Å². The minimum Gasteiger partial charge on any atom is -0.247 e. The summed E-state index contributed by atoms with van der Waals surface area (Å²) in [6.07, 6.45) is 4.51. The number of thioether (sulfide) groups is 1. The number of nitrogens with zero attached hydrogens (tertiary/aromatic N) is 3. The summed E-state index contributed by atoms with van der Waals surface area (Å²) in [6, 6.07) is 18.9. The molecule has 3 aromatic rings. The van der Waals surface area contributed by atoms with Crippen LogP contribution < -0.4 is 0 Å².